The first-order chi connectivity index (χ1) is 11.2. The summed E-state index contributed by atoms with van der Waals surface area (Å²) < 4.78 is 27.8. The summed E-state index contributed by atoms with van der Waals surface area (Å²) in [4.78, 5) is 0.242. The standard InChI is InChI=1S/C18H21Cl2NO2S/c1-4-12(2)14-5-8-16(9-6-14)24(22,23)21-13(3)17-10-7-15(19)11-18(17)20/h5-13,21H,4H2,1-3H3. The number of benzene rings is 2. The minimum absolute atomic E-state index is 0.242. The van der Waals surface area contributed by atoms with Crippen molar-refractivity contribution in [3.63, 3.8) is 0 Å². The Balaban J connectivity index is 2.21. The zero-order valence-electron chi connectivity index (χ0n) is 13.9. The van der Waals surface area contributed by atoms with Crippen molar-refractivity contribution < 1.29 is 8.42 Å². The Morgan fingerprint density at radius 2 is 1.67 bits per heavy atom. The van der Waals surface area contributed by atoms with Crippen LogP contribution in [0.25, 0.3) is 0 Å². The Labute approximate surface area is 154 Å². The first-order valence-corrected chi connectivity index (χ1v) is 10.1. The summed E-state index contributed by atoms with van der Waals surface area (Å²) in [6.45, 7) is 5.97. The molecule has 0 aliphatic carbocycles. The first kappa shape index (κ1) is 19.3. The zero-order chi connectivity index (χ0) is 17.9. The van der Waals surface area contributed by atoms with E-state index in [2.05, 4.69) is 18.6 Å². The van der Waals surface area contributed by atoms with Gasteiger partial charge in [0.05, 0.1) is 4.90 Å². The summed E-state index contributed by atoms with van der Waals surface area (Å²) in [6, 6.07) is 11.6. The third-order valence-corrected chi connectivity index (χ3v) is 6.25. The maximum Gasteiger partial charge on any atom is 0.241 e. The molecule has 0 spiro atoms. The van der Waals surface area contributed by atoms with E-state index in [1.807, 2.05) is 12.1 Å². The van der Waals surface area contributed by atoms with Crippen LogP contribution in [-0.4, -0.2) is 8.42 Å². The summed E-state index contributed by atoms with van der Waals surface area (Å²) in [6.07, 6.45) is 1.01. The molecule has 6 heteroatoms. The molecule has 0 aliphatic heterocycles. The molecule has 1 N–H and O–H groups in total. The highest BCUT2D eigenvalue weighted by Gasteiger charge is 2.20. The summed E-state index contributed by atoms with van der Waals surface area (Å²) in [5.41, 5.74) is 1.81. The van der Waals surface area contributed by atoms with Crippen LogP contribution < -0.4 is 4.72 Å². The van der Waals surface area contributed by atoms with Crippen LogP contribution in [0.3, 0.4) is 0 Å². The molecule has 0 radical (unpaired) electrons. The topological polar surface area (TPSA) is 46.2 Å². The quantitative estimate of drug-likeness (QED) is 0.708. The lowest BCUT2D eigenvalue weighted by Gasteiger charge is -2.17. The Kier molecular flexibility index (Phi) is 6.32. The largest absolute Gasteiger partial charge is 0.241 e. The molecule has 130 valence electrons. The van der Waals surface area contributed by atoms with Gasteiger partial charge in [0.1, 0.15) is 0 Å². The zero-order valence-corrected chi connectivity index (χ0v) is 16.2. The highest BCUT2D eigenvalue weighted by molar-refractivity contribution is 7.89. The van der Waals surface area contributed by atoms with E-state index in [1.165, 1.54) is 0 Å². The van der Waals surface area contributed by atoms with Crippen molar-refractivity contribution in [3.8, 4) is 0 Å². The van der Waals surface area contributed by atoms with Gasteiger partial charge in [0.15, 0.2) is 0 Å². The van der Waals surface area contributed by atoms with Crippen molar-refractivity contribution in [2.45, 2.75) is 44.0 Å². The average molecular weight is 386 g/mol. The molecule has 0 fully saturated rings. The van der Waals surface area contributed by atoms with Crippen molar-refractivity contribution in [2.75, 3.05) is 0 Å². The fourth-order valence-corrected chi connectivity index (χ4v) is 4.22. The molecule has 24 heavy (non-hydrogen) atoms. The summed E-state index contributed by atoms with van der Waals surface area (Å²) in [7, 11) is -3.63. The molecule has 0 bridgehead atoms. The molecule has 2 atom stereocenters. The highest BCUT2D eigenvalue weighted by Crippen LogP contribution is 2.27. The molecule has 2 rings (SSSR count). The maximum absolute atomic E-state index is 12.6. The van der Waals surface area contributed by atoms with Gasteiger partial charge in [-0.25, -0.2) is 13.1 Å². The average Bonchev–Trinajstić information content (AvgIpc) is 2.53. The van der Waals surface area contributed by atoms with Gasteiger partial charge in [-0.1, -0.05) is 55.2 Å². The van der Waals surface area contributed by atoms with Gasteiger partial charge < -0.3 is 0 Å². The fraction of sp³-hybridized carbons (Fsp3) is 0.333. The molecule has 3 nitrogen and oxygen atoms in total. The molecular weight excluding hydrogens is 365 g/mol. The predicted molar refractivity (Wildman–Crippen MR) is 100 cm³/mol. The van der Waals surface area contributed by atoms with Crippen LogP contribution in [0, 0.1) is 0 Å². The maximum atomic E-state index is 12.6. The van der Waals surface area contributed by atoms with E-state index < -0.39 is 16.1 Å². The van der Waals surface area contributed by atoms with E-state index in [9.17, 15) is 8.42 Å². The molecule has 0 saturated heterocycles. The highest BCUT2D eigenvalue weighted by atomic mass is 35.5. The normalized spacial score (nSPS) is 14.4. The van der Waals surface area contributed by atoms with E-state index in [4.69, 9.17) is 23.2 Å². The lowest BCUT2D eigenvalue weighted by Crippen LogP contribution is -2.27. The van der Waals surface area contributed by atoms with Crippen molar-refractivity contribution in [1.82, 2.24) is 4.72 Å². The molecule has 0 aromatic heterocycles. The van der Waals surface area contributed by atoms with Gasteiger partial charge in [0.25, 0.3) is 0 Å². The molecule has 0 heterocycles. The van der Waals surface area contributed by atoms with Crippen LogP contribution in [0.15, 0.2) is 47.4 Å². The lowest BCUT2D eigenvalue weighted by molar-refractivity contribution is 0.567. The second-order valence-electron chi connectivity index (χ2n) is 5.89. The Hall–Kier alpha value is -1.07. The number of hydrogen-bond donors (Lipinski definition) is 1. The molecule has 2 aromatic carbocycles. The third kappa shape index (κ3) is 4.51. The smallest absolute Gasteiger partial charge is 0.207 e. The predicted octanol–water partition coefficient (Wildman–Crippen LogP) is 5.55. The van der Waals surface area contributed by atoms with Gasteiger partial charge in [-0.2, -0.15) is 0 Å². The SMILES string of the molecule is CCC(C)c1ccc(S(=O)(=O)NC(C)c2ccc(Cl)cc2Cl)cc1. The van der Waals surface area contributed by atoms with E-state index in [1.54, 1.807) is 37.3 Å². The van der Waals surface area contributed by atoms with Crippen molar-refractivity contribution >= 4 is 33.2 Å². The van der Waals surface area contributed by atoms with Crippen LogP contribution in [0.2, 0.25) is 10.0 Å². The summed E-state index contributed by atoms with van der Waals surface area (Å²) >= 11 is 12.0. The van der Waals surface area contributed by atoms with Gasteiger partial charge in [0, 0.05) is 16.1 Å². The van der Waals surface area contributed by atoms with Crippen LogP contribution in [0.1, 0.15) is 50.3 Å². The van der Waals surface area contributed by atoms with Gasteiger partial charge in [-0.05, 0) is 54.7 Å². The van der Waals surface area contributed by atoms with E-state index in [0.717, 1.165) is 12.0 Å². The Morgan fingerprint density at radius 3 is 2.21 bits per heavy atom. The molecule has 2 unspecified atom stereocenters. The van der Waals surface area contributed by atoms with Crippen LogP contribution in [-0.2, 0) is 10.0 Å². The van der Waals surface area contributed by atoms with Crippen LogP contribution in [0.4, 0.5) is 0 Å². The van der Waals surface area contributed by atoms with Gasteiger partial charge >= 0.3 is 0 Å². The van der Waals surface area contributed by atoms with Crippen molar-refractivity contribution in [3.05, 3.63) is 63.6 Å². The Morgan fingerprint density at radius 1 is 1.04 bits per heavy atom. The molecule has 2 aromatic rings. The number of sulfonamides is 1. The van der Waals surface area contributed by atoms with Crippen LogP contribution >= 0.6 is 23.2 Å². The Bertz CT molecular complexity index is 804. The summed E-state index contributed by atoms with van der Waals surface area (Å²) in [5.74, 6) is 0.404. The third-order valence-electron chi connectivity index (χ3n) is 4.13. The van der Waals surface area contributed by atoms with E-state index in [0.29, 0.717) is 21.5 Å². The first-order valence-electron chi connectivity index (χ1n) is 7.82. The van der Waals surface area contributed by atoms with Crippen molar-refractivity contribution in [2.24, 2.45) is 0 Å². The van der Waals surface area contributed by atoms with Gasteiger partial charge in [0.2, 0.25) is 10.0 Å². The van der Waals surface area contributed by atoms with Crippen molar-refractivity contribution in [1.29, 1.82) is 0 Å². The minimum atomic E-state index is -3.63. The molecule has 0 amide bonds. The number of hydrogen-bond acceptors (Lipinski definition) is 2. The number of nitrogens with one attached hydrogen (secondary N) is 1. The fourth-order valence-electron chi connectivity index (χ4n) is 2.43. The molecule has 0 saturated carbocycles. The summed E-state index contributed by atoms with van der Waals surface area (Å²) in [5, 5.41) is 0.948. The van der Waals surface area contributed by atoms with Crippen LogP contribution in [0.5, 0.6) is 0 Å². The van der Waals surface area contributed by atoms with E-state index in [-0.39, 0.29) is 4.90 Å². The monoisotopic (exact) mass is 385 g/mol. The molecule has 0 aliphatic rings. The number of rotatable bonds is 6. The molecular formula is C18H21Cl2NO2S. The van der Waals surface area contributed by atoms with Gasteiger partial charge in [-0.3, -0.25) is 0 Å². The second kappa shape index (κ2) is 7.87. The lowest BCUT2D eigenvalue weighted by atomic mass is 9.99. The number of halogens is 2. The van der Waals surface area contributed by atoms with Gasteiger partial charge in [-0.15, -0.1) is 0 Å². The van der Waals surface area contributed by atoms with E-state index >= 15 is 0 Å². The minimum Gasteiger partial charge on any atom is -0.207 e. The second-order valence-corrected chi connectivity index (χ2v) is 8.44.